The van der Waals surface area contributed by atoms with Gasteiger partial charge in [0.15, 0.2) is 0 Å². The Morgan fingerprint density at radius 3 is 1.77 bits per heavy atom. The average molecular weight is 447 g/mol. The van der Waals surface area contributed by atoms with Gasteiger partial charge in [0, 0.05) is 6.42 Å². The zero-order chi connectivity index (χ0) is 24.0. The molecule has 3 amide bonds. The molecule has 14 nitrogen and oxygen atoms in total. The van der Waals surface area contributed by atoms with Gasteiger partial charge in [-0.05, 0) is 32.2 Å². The molecule has 0 saturated heterocycles. The van der Waals surface area contributed by atoms with Crippen molar-refractivity contribution in [1.82, 2.24) is 16.0 Å². The molecule has 0 aliphatic carbocycles. The number of aliphatic carboxylic acids is 3. The van der Waals surface area contributed by atoms with E-state index in [9.17, 15) is 33.9 Å². The summed E-state index contributed by atoms with van der Waals surface area (Å²) >= 11 is 0. The third-order valence-electron chi connectivity index (χ3n) is 4.06. The number of carbonyl (C=O) groups excluding carboxylic acids is 3. The molecule has 0 aromatic heterocycles. The first-order valence-corrected chi connectivity index (χ1v) is 9.48. The predicted molar refractivity (Wildman–Crippen MR) is 105 cm³/mol. The fourth-order valence-corrected chi connectivity index (χ4v) is 2.47. The van der Waals surface area contributed by atoms with Crippen LogP contribution in [0.15, 0.2) is 0 Å². The second-order valence-electron chi connectivity index (χ2n) is 6.60. The molecule has 0 heterocycles. The van der Waals surface area contributed by atoms with E-state index < -0.39 is 73.1 Å². The molecule has 14 heteroatoms. The number of amides is 3. The van der Waals surface area contributed by atoms with Gasteiger partial charge in [-0.25, -0.2) is 4.79 Å². The van der Waals surface area contributed by atoms with Gasteiger partial charge in [0.1, 0.15) is 18.1 Å². The average Bonchev–Trinajstić information content (AvgIpc) is 2.68. The zero-order valence-electron chi connectivity index (χ0n) is 16.8. The van der Waals surface area contributed by atoms with Crippen molar-refractivity contribution in [3.05, 3.63) is 0 Å². The second kappa shape index (κ2) is 14.7. The molecule has 0 aliphatic rings. The summed E-state index contributed by atoms with van der Waals surface area (Å²) in [4.78, 5) is 69.5. The van der Waals surface area contributed by atoms with Gasteiger partial charge in [-0.3, -0.25) is 24.0 Å². The van der Waals surface area contributed by atoms with Crippen molar-refractivity contribution >= 4 is 35.6 Å². The Morgan fingerprint density at radius 1 is 0.710 bits per heavy atom. The molecule has 0 aliphatic heterocycles. The lowest BCUT2D eigenvalue weighted by atomic mass is 10.1. The SMILES string of the molecule is NCCCCC(NC(=O)C(CC(=O)O)NC(=O)CN)C(=O)NC(CCC(=O)O)C(=O)O. The lowest BCUT2D eigenvalue weighted by Gasteiger charge is -2.24. The lowest BCUT2D eigenvalue weighted by molar-refractivity contribution is -0.144. The van der Waals surface area contributed by atoms with Gasteiger partial charge in [0.2, 0.25) is 17.7 Å². The fraction of sp³-hybridized carbons (Fsp3) is 0.647. The number of hydrogen-bond donors (Lipinski definition) is 8. The molecular weight excluding hydrogens is 418 g/mol. The van der Waals surface area contributed by atoms with Gasteiger partial charge >= 0.3 is 17.9 Å². The maximum absolute atomic E-state index is 12.6. The predicted octanol–water partition coefficient (Wildman–Crippen LogP) is -3.05. The molecule has 10 N–H and O–H groups in total. The highest BCUT2D eigenvalue weighted by atomic mass is 16.4. The third-order valence-corrected chi connectivity index (χ3v) is 4.06. The molecule has 31 heavy (non-hydrogen) atoms. The summed E-state index contributed by atoms with van der Waals surface area (Å²) in [5, 5.41) is 33.4. The molecular formula is C17H29N5O9. The first kappa shape index (κ1) is 27.7. The second-order valence-corrected chi connectivity index (χ2v) is 6.60. The van der Waals surface area contributed by atoms with E-state index in [0.29, 0.717) is 19.4 Å². The van der Waals surface area contributed by atoms with E-state index in [1.165, 1.54) is 0 Å². The van der Waals surface area contributed by atoms with E-state index in [1.807, 2.05) is 0 Å². The van der Waals surface area contributed by atoms with E-state index in [1.54, 1.807) is 0 Å². The van der Waals surface area contributed by atoms with Crippen LogP contribution < -0.4 is 27.4 Å². The fourth-order valence-electron chi connectivity index (χ4n) is 2.47. The van der Waals surface area contributed by atoms with Crippen molar-refractivity contribution in [2.24, 2.45) is 11.5 Å². The Balaban J connectivity index is 5.38. The quantitative estimate of drug-likeness (QED) is 0.110. The Morgan fingerprint density at radius 2 is 1.29 bits per heavy atom. The summed E-state index contributed by atoms with van der Waals surface area (Å²) in [6.07, 6.45) is -0.749. The largest absolute Gasteiger partial charge is 0.481 e. The van der Waals surface area contributed by atoms with Crippen molar-refractivity contribution < 1.29 is 44.1 Å². The van der Waals surface area contributed by atoms with Crippen molar-refractivity contribution in [1.29, 1.82) is 0 Å². The maximum atomic E-state index is 12.6. The van der Waals surface area contributed by atoms with E-state index in [-0.39, 0.29) is 12.8 Å². The van der Waals surface area contributed by atoms with Gasteiger partial charge in [0.25, 0.3) is 0 Å². The van der Waals surface area contributed by atoms with Gasteiger partial charge in [0.05, 0.1) is 13.0 Å². The molecule has 0 fully saturated rings. The number of carboxylic acids is 3. The summed E-state index contributed by atoms with van der Waals surface area (Å²) in [6.45, 7) is -0.194. The minimum atomic E-state index is -1.51. The number of nitrogens with one attached hydrogen (secondary N) is 3. The minimum absolute atomic E-state index is 0.0463. The Labute approximate surface area is 177 Å². The van der Waals surface area contributed by atoms with Crippen molar-refractivity contribution in [2.75, 3.05) is 13.1 Å². The van der Waals surface area contributed by atoms with Crippen LogP contribution >= 0.6 is 0 Å². The highest BCUT2D eigenvalue weighted by Crippen LogP contribution is 2.05. The highest BCUT2D eigenvalue weighted by Gasteiger charge is 2.30. The van der Waals surface area contributed by atoms with Crippen LogP contribution in [-0.4, -0.2) is 82.2 Å². The molecule has 0 saturated carbocycles. The molecule has 3 unspecified atom stereocenters. The molecule has 0 spiro atoms. The van der Waals surface area contributed by atoms with Crippen LogP contribution in [0.1, 0.15) is 38.5 Å². The highest BCUT2D eigenvalue weighted by molar-refractivity contribution is 5.95. The molecule has 3 atom stereocenters. The van der Waals surface area contributed by atoms with Crippen LogP contribution in [0.4, 0.5) is 0 Å². The van der Waals surface area contributed by atoms with Crippen molar-refractivity contribution in [3.8, 4) is 0 Å². The lowest BCUT2D eigenvalue weighted by Crippen LogP contribution is -2.56. The van der Waals surface area contributed by atoms with Crippen LogP contribution in [-0.2, 0) is 28.8 Å². The Kier molecular flexibility index (Phi) is 13.1. The first-order valence-electron chi connectivity index (χ1n) is 9.48. The van der Waals surface area contributed by atoms with E-state index in [0.717, 1.165) is 0 Å². The van der Waals surface area contributed by atoms with Crippen LogP contribution in [0, 0.1) is 0 Å². The van der Waals surface area contributed by atoms with Gasteiger partial charge in [-0.15, -0.1) is 0 Å². The first-order chi connectivity index (χ1) is 14.5. The van der Waals surface area contributed by atoms with E-state index in [4.69, 9.17) is 21.7 Å². The van der Waals surface area contributed by atoms with Gasteiger partial charge in [-0.2, -0.15) is 0 Å². The number of carboxylic acid groups (broad SMARTS) is 3. The van der Waals surface area contributed by atoms with Crippen LogP contribution in [0.25, 0.3) is 0 Å². The Bertz CT molecular complexity index is 670. The molecule has 0 radical (unpaired) electrons. The molecule has 0 bridgehead atoms. The standard InChI is InChI=1S/C17H29N5O9/c18-6-2-1-3-9(15(28)22-10(17(30)31)4-5-13(24)25)21-16(29)11(7-14(26)27)20-12(23)8-19/h9-11H,1-8,18-19H2,(H,20,23)(H,21,29)(H,22,28)(H,24,25)(H,26,27)(H,30,31). The summed E-state index contributed by atoms with van der Waals surface area (Å²) < 4.78 is 0. The smallest absolute Gasteiger partial charge is 0.326 e. The van der Waals surface area contributed by atoms with Crippen LogP contribution in [0.2, 0.25) is 0 Å². The summed E-state index contributed by atoms with van der Waals surface area (Å²) in [5.41, 5.74) is 10.6. The monoisotopic (exact) mass is 447 g/mol. The van der Waals surface area contributed by atoms with E-state index in [2.05, 4.69) is 16.0 Å². The summed E-state index contributed by atoms with van der Waals surface area (Å²) in [6, 6.07) is -4.29. The number of nitrogens with two attached hydrogens (primary N) is 2. The number of rotatable bonds is 16. The van der Waals surface area contributed by atoms with Gasteiger partial charge < -0.3 is 42.7 Å². The zero-order valence-corrected chi connectivity index (χ0v) is 16.8. The summed E-state index contributed by atoms with van der Waals surface area (Å²) in [7, 11) is 0. The van der Waals surface area contributed by atoms with Crippen LogP contribution in [0.3, 0.4) is 0 Å². The number of unbranched alkanes of at least 4 members (excludes halogenated alkanes) is 1. The number of hydrogen-bond acceptors (Lipinski definition) is 8. The topological polar surface area (TPSA) is 251 Å². The van der Waals surface area contributed by atoms with Crippen molar-refractivity contribution in [2.45, 2.75) is 56.7 Å². The van der Waals surface area contributed by atoms with E-state index >= 15 is 0 Å². The molecule has 0 aromatic rings. The molecule has 0 rings (SSSR count). The maximum Gasteiger partial charge on any atom is 0.326 e. The minimum Gasteiger partial charge on any atom is -0.481 e. The normalized spacial score (nSPS) is 13.4. The summed E-state index contributed by atoms with van der Waals surface area (Å²) in [5.74, 6) is -6.76. The van der Waals surface area contributed by atoms with Crippen molar-refractivity contribution in [3.63, 3.8) is 0 Å². The van der Waals surface area contributed by atoms with Crippen LogP contribution in [0.5, 0.6) is 0 Å². The molecule has 176 valence electrons. The molecule has 0 aromatic carbocycles. The number of carbonyl (C=O) groups is 6. The van der Waals surface area contributed by atoms with Gasteiger partial charge in [-0.1, -0.05) is 0 Å². The Hall–Kier alpha value is -3.26. The third kappa shape index (κ3) is 12.1.